The molecule has 0 aliphatic carbocycles. The van der Waals surface area contributed by atoms with Crippen LogP contribution in [0.4, 0.5) is 0 Å². The van der Waals surface area contributed by atoms with Crippen LogP contribution in [0.1, 0.15) is 0 Å². The van der Waals surface area contributed by atoms with Gasteiger partial charge < -0.3 is 4.57 Å². The predicted octanol–water partition coefficient (Wildman–Crippen LogP) is 27.7. The van der Waals surface area contributed by atoms with Gasteiger partial charge in [0.05, 0.1) is 80.5 Å². The van der Waals surface area contributed by atoms with Crippen LogP contribution in [-0.4, -0.2) is 78.5 Å². The maximum Gasteiger partial charge on any atom is 0.235 e. The van der Waals surface area contributed by atoms with Crippen LogP contribution in [0.25, 0.3) is 255 Å². The Morgan fingerprint density at radius 2 is 0.594 bits per heavy atom. The maximum absolute atomic E-state index is 5.27. The number of hydrogen-bond donors (Lipinski definition) is 0. The number of para-hydroxylation sites is 2. The summed E-state index contributed by atoms with van der Waals surface area (Å²) in [4.78, 5) is 64.1. The molecule has 0 atom stereocenters. The van der Waals surface area contributed by atoms with Crippen molar-refractivity contribution in [3.8, 4) is 74.3 Å². The molecular formula is C109H62N16S3. The fourth-order valence-corrected chi connectivity index (χ4v) is 22.7. The van der Waals surface area contributed by atoms with E-state index in [1.165, 1.54) is 60.5 Å². The first kappa shape index (κ1) is 72.9. The number of hydrogen-bond acceptors (Lipinski definition) is 16. The van der Waals surface area contributed by atoms with E-state index in [0.717, 1.165) is 165 Å². The van der Waals surface area contributed by atoms with E-state index in [1.54, 1.807) is 11.3 Å². The first-order chi connectivity index (χ1) is 63.5. The van der Waals surface area contributed by atoms with E-state index in [0.29, 0.717) is 29.2 Å². The highest BCUT2D eigenvalue weighted by Gasteiger charge is 2.30. The molecule has 15 aromatic heterocycles. The van der Waals surface area contributed by atoms with E-state index in [2.05, 4.69) is 229 Å². The lowest BCUT2D eigenvalue weighted by molar-refractivity contribution is 1.02. The second-order valence-electron chi connectivity index (χ2n) is 31.6. The molecule has 0 bridgehead atoms. The second-order valence-corrected chi connectivity index (χ2v) is 34.7. The van der Waals surface area contributed by atoms with Crippen molar-refractivity contribution in [3.05, 3.63) is 377 Å². The summed E-state index contributed by atoms with van der Waals surface area (Å²) in [7, 11) is 0. The van der Waals surface area contributed by atoms with Gasteiger partial charge in [0.2, 0.25) is 5.95 Å². The van der Waals surface area contributed by atoms with E-state index >= 15 is 0 Å². The minimum absolute atomic E-state index is 0.618. The van der Waals surface area contributed by atoms with Crippen LogP contribution >= 0.6 is 34.0 Å². The lowest BCUT2D eigenvalue weighted by Crippen LogP contribution is -2.03. The van der Waals surface area contributed by atoms with Crippen molar-refractivity contribution in [3.63, 3.8) is 0 Å². The normalized spacial score (nSPS) is 11.9. The van der Waals surface area contributed by atoms with Crippen LogP contribution in [0.15, 0.2) is 377 Å². The minimum atomic E-state index is 0.618. The van der Waals surface area contributed by atoms with Crippen molar-refractivity contribution >= 4 is 214 Å². The zero-order valence-electron chi connectivity index (χ0n) is 67.7. The topological polar surface area (TPSA) is 182 Å². The van der Waals surface area contributed by atoms with Crippen molar-refractivity contribution in [2.45, 2.75) is 0 Å². The third-order valence-corrected chi connectivity index (χ3v) is 27.9. The number of aromatic nitrogens is 16. The Morgan fingerprint density at radius 1 is 0.227 bits per heavy atom. The SMILES string of the molecule is c1ccc(-c2nc(-c3ccccc3)nc(-c3cccc(-n4c5cccnc5c5c6ccncc6c6c7ccccc7sc6c54)c3)n2)cc1.c1ccc(-c2nc(-n3c4cccnc4c4c5ccncc5c5c6ccccc6sc5c43)c3ccccc3n2)cc1.c1ccc(-c2nc(-n3c4cccnc4c4c5ccncc5c5c6ccccc6sc5c43)nc3ccccc23)cc1. The fraction of sp³-hybridized carbons (Fsp3) is 0. The van der Waals surface area contributed by atoms with E-state index in [4.69, 9.17) is 49.8 Å². The zero-order valence-corrected chi connectivity index (χ0v) is 70.1. The molecule has 28 aromatic rings. The first-order valence-electron chi connectivity index (χ1n) is 42.1. The van der Waals surface area contributed by atoms with Crippen LogP contribution in [0.2, 0.25) is 0 Å². The molecular weight excluding hydrogens is 1630 g/mol. The highest BCUT2D eigenvalue weighted by atomic mass is 32.1. The smallest absolute Gasteiger partial charge is 0.235 e. The summed E-state index contributed by atoms with van der Waals surface area (Å²) in [5.74, 6) is 4.08. The molecule has 0 fully saturated rings. The first-order valence-corrected chi connectivity index (χ1v) is 44.5. The van der Waals surface area contributed by atoms with Gasteiger partial charge in [-0.2, -0.15) is 0 Å². The molecule has 13 aromatic carbocycles. The average molecular weight is 1690 g/mol. The standard InChI is InChI=1S/C41H24N6S.2C34H19N5S/c1-3-11-25(12-4-1)39-44-40(26-13-5-2-6-14-26)46-41(45-39)27-15-9-16-28(23-27)47-32-18-10-21-43-36(32)35-29-20-22-42-24-31(29)34-30-17-7-8-19-33(30)48-38(34)37(35)47;1-2-9-20(10-3-1)33-37-25-13-6-4-11-22(25)34(38-33)39-26-14-8-17-36-30(26)29-21-16-18-35-19-24(21)28-23-12-5-7-15-27(23)40-32(28)31(29)39;1-2-9-20(10-3-1)30-22-11-4-6-13-25(22)37-34(38-30)39-26-14-8-17-36-31(26)29-21-16-18-35-19-24(21)28-23-12-5-7-15-27(23)40-33(28)32(29)39/h1-24H;2*1-19H. The van der Waals surface area contributed by atoms with Crippen LogP contribution < -0.4 is 0 Å². The average Bonchev–Trinajstić information content (AvgIpc) is 1.55. The molecule has 0 saturated carbocycles. The highest BCUT2D eigenvalue weighted by molar-refractivity contribution is 7.28. The number of thiophene rings is 3. The molecule has 16 nitrogen and oxygen atoms in total. The van der Waals surface area contributed by atoms with Gasteiger partial charge in [-0.3, -0.25) is 39.0 Å². The van der Waals surface area contributed by atoms with Gasteiger partial charge in [0.25, 0.3) is 0 Å². The third-order valence-electron chi connectivity index (χ3n) is 24.4. The Labute approximate surface area is 739 Å². The van der Waals surface area contributed by atoms with E-state index in [-0.39, 0.29) is 0 Å². The van der Waals surface area contributed by atoms with Crippen molar-refractivity contribution in [1.29, 1.82) is 0 Å². The molecule has 596 valence electrons. The second kappa shape index (κ2) is 29.5. The highest BCUT2D eigenvalue weighted by Crippen LogP contribution is 2.52. The predicted molar refractivity (Wildman–Crippen MR) is 527 cm³/mol. The van der Waals surface area contributed by atoms with Crippen molar-refractivity contribution < 1.29 is 0 Å². The van der Waals surface area contributed by atoms with Gasteiger partial charge in [-0.25, -0.2) is 34.9 Å². The van der Waals surface area contributed by atoms with Gasteiger partial charge in [0.1, 0.15) is 5.82 Å². The lowest BCUT2D eigenvalue weighted by Gasteiger charge is -2.13. The lowest BCUT2D eigenvalue weighted by atomic mass is 10.0. The number of benzene rings is 13. The van der Waals surface area contributed by atoms with E-state index in [9.17, 15) is 0 Å². The molecule has 0 aliphatic rings. The molecule has 0 unspecified atom stereocenters. The third kappa shape index (κ3) is 11.5. The molecule has 19 heteroatoms. The van der Waals surface area contributed by atoms with E-state index in [1.807, 2.05) is 200 Å². The monoisotopic (exact) mass is 1690 g/mol. The van der Waals surface area contributed by atoms with Gasteiger partial charge in [0, 0.05) is 179 Å². The molecule has 0 N–H and O–H groups in total. The molecule has 128 heavy (non-hydrogen) atoms. The van der Waals surface area contributed by atoms with Crippen LogP contribution in [0.3, 0.4) is 0 Å². The molecule has 0 aliphatic heterocycles. The Bertz CT molecular complexity index is 9380. The fourth-order valence-electron chi connectivity index (χ4n) is 19.0. The van der Waals surface area contributed by atoms with Gasteiger partial charge >= 0.3 is 0 Å². The van der Waals surface area contributed by atoms with Crippen molar-refractivity contribution in [2.24, 2.45) is 0 Å². The van der Waals surface area contributed by atoms with Crippen molar-refractivity contribution in [1.82, 2.24) is 78.5 Å². The summed E-state index contributed by atoms with van der Waals surface area (Å²) < 4.78 is 14.2. The summed E-state index contributed by atoms with van der Waals surface area (Å²) in [5.41, 5.74) is 17.8. The molecule has 0 amide bonds. The molecule has 0 saturated heterocycles. The minimum Gasteiger partial charge on any atom is -0.306 e. The Morgan fingerprint density at radius 3 is 1.07 bits per heavy atom. The van der Waals surface area contributed by atoms with Crippen LogP contribution in [-0.2, 0) is 0 Å². The summed E-state index contributed by atoms with van der Waals surface area (Å²) in [6.07, 6.45) is 17.2. The Balaban J connectivity index is 0.000000102. The largest absolute Gasteiger partial charge is 0.306 e. The van der Waals surface area contributed by atoms with Gasteiger partial charge in [-0.1, -0.05) is 218 Å². The summed E-state index contributed by atoms with van der Waals surface area (Å²) in [6.45, 7) is 0. The molecule has 0 radical (unpaired) electrons. The molecule has 15 heterocycles. The summed E-state index contributed by atoms with van der Waals surface area (Å²) in [6, 6.07) is 110. The van der Waals surface area contributed by atoms with Gasteiger partial charge in [-0.05, 0) is 119 Å². The Hall–Kier alpha value is -16.7. The van der Waals surface area contributed by atoms with Crippen LogP contribution in [0, 0.1) is 0 Å². The maximum atomic E-state index is 5.27. The number of pyridine rings is 6. The quantitative estimate of drug-likeness (QED) is 0.140. The molecule has 0 spiro atoms. The summed E-state index contributed by atoms with van der Waals surface area (Å²) in [5, 5.41) is 19.6. The number of rotatable bonds is 8. The van der Waals surface area contributed by atoms with Gasteiger partial charge in [0.15, 0.2) is 23.3 Å². The number of nitrogens with zero attached hydrogens (tertiary/aromatic N) is 16. The van der Waals surface area contributed by atoms with Crippen molar-refractivity contribution in [2.75, 3.05) is 0 Å². The number of fused-ring (bicyclic) bond motifs is 32. The zero-order chi connectivity index (χ0) is 84.0. The Kier molecular flexibility index (Phi) is 16.8. The molecule has 28 rings (SSSR count). The van der Waals surface area contributed by atoms with Gasteiger partial charge in [-0.15, -0.1) is 34.0 Å². The van der Waals surface area contributed by atoms with Crippen LogP contribution in [0.5, 0.6) is 0 Å². The summed E-state index contributed by atoms with van der Waals surface area (Å²) >= 11 is 5.44. The van der Waals surface area contributed by atoms with E-state index < -0.39 is 0 Å².